The first-order valence-electron chi connectivity index (χ1n) is 10.3. The highest BCUT2D eigenvalue weighted by Crippen LogP contribution is 2.26. The molecular formula is C29H23N3. The summed E-state index contributed by atoms with van der Waals surface area (Å²) < 4.78 is 0. The fourth-order valence-corrected chi connectivity index (χ4v) is 3.33. The minimum Gasteiger partial charge on any atom is -0.208 e. The maximum atomic E-state index is 4.76. The van der Waals surface area contributed by atoms with E-state index in [9.17, 15) is 0 Å². The van der Waals surface area contributed by atoms with Gasteiger partial charge in [-0.3, -0.25) is 0 Å². The molecule has 3 aromatic carbocycles. The SMILES string of the molecule is C=C/C=C(\C=C)c1nc(-c2ccccc2)nc(-c2ccc(-c3ccc(C=C)cc3)cc2)n1. The molecule has 0 bridgehead atoms. The molecule has 0 radical (unpaired) electrons. The van der Waals surface area contributed by atoms with Crippen LogP contribution in [0, 0.1) is 0 Å². The van der Waals surface area contributed by atoms with E-state index in [-0.39, 0.29) is 0 Å². The van der Waals surface area contributed by atoms with Gasteiger partial charge < -0.3 is 0 Å². The zero-order chi connectivity index (χ0) is 22.3. The summed E-state index contributed by atoms with van der Waals surface area (Å²) in [5.41, 5.74) is 6.01. The Morgan fingerprint density at radius 1 is 0.594 bits per heavy atom. The maximum absolute atomic E-state index is 4.76. The molecular weight excluding hydrogens is 390 g/mol. The van der Waals surface area contributed by atoms with Gasteiger partial charge in [-0.15, -0.1) is 0 Å². The smallest absolute Gasteiger partial charge is 0.164 e. The Morgan fingerprint density at radius 3 is 1.66 bits per heavy atom. The van der Waals surface area contributed by atoms with Crippen molar-refractivity contribution in [1.82, 2.24) is 15.0 Å². The molecule has 154 valence electrons. The van der Waals surface area contributed by atoms with Gasteiger partial charge in [0.15, 0.2) is 17.5 Å². The average molecular weight is 414 g/mol. The number of nitrogens with zero attached hydrogens (tertiary/aromatic N) is 3. The van der Waals surface area contributed by atoms with Gasteiger partial charge in [-0.1, -0.05) is 123 Å². The Morgan fingerprint density at radius 2 is 1.12 bits per heavy atom. The third-order valence-electron chi connectivity index (χ3n) is 5.07. The third-order valence-corrected chi connectivity index (χ3v) is 5.07. The molecule has 1 aromatic heterocycles. The van der Waals surface area contributed by atoms with Crippen molar-refractivity contribution in [3.05, 3.63) is 128 Å². The van der Waals surface area contributed by atoms with Crippen molar-refractivity contribution in [1.29, 1.82) is 0 Å². The summed E-state index contributed by atoms with van der Waals surface area (Å²) in [6.45, 7) is 11.5. The van der Waals surface area contributed by atoms with Crippen LogP contribution in [0.4, 0.5) is 0 Å². The van der Waals surface area contributed by atoms with Gasteiger partial charge in [-0.05, 0) is 16.7 Å². The first-order valence-corrected chi connectivity index (χ1v) is 10.3. The molecule has 0 unspecified atom stereocenters. The number of hydrogen-bond acceptors (Lipinski definition) is 3. The van der Waals surface area contributed by atoms with Gasteiger partial charge in [-0.25, -0.2) is 15.0 Å². The molecule has 0 amide bonds. The molecule has 3 heteroatoms. The quantitative estimate of drug-likeness (QED) is 0.299. The van der Waals surface area contributed by atoms with E-state index in [1.54, 1.807) is 12.2 Å². The lowest BCUT2D eigenvalue weighted by Gasteiger charge is -2.09. The fraction of sp³-hybridized carbons (Fsp3) is 0. The molecule has 3 nitrogen and oxygen atoms in total. The summed E-state index contributed by atoms with van der Waals surface area (Å²) in [6, 6.07) is 26.4. The molecule has 0 N–H and O–H groups in total. The Kier molecular flexibility index (Phi) is 6.28. The standard InChI is InChI=1S/C29H23N3/c1-4-10-22(6-3)27-30-28(25-11-8-7-9-12-25)32-29(31-27)26-19-17-24(18-20-26)23-15-13-21(5-2)14-16-23/h4-20H,1-3H2/b22-10+. The molecule has 0 saturated heterocycles. The van der Waals surface area contributed by atoms with Crippen LogP contribution >= 0.6 is 0 Å². The average Bonchev–Trinajstić information content (AvgIpc) is 2.87. The normalized spacial score (nSPS) is 11.1. The number of hydrogen-bond donors (Lipinski definition) is 0. The van der Waals surface area contributed by atoms with Crippen molar-refractivity contribution in [2.75, 3.05) is 0 Å². The van der Waals surface area contributed by atoms with E-state index in [1.165, 1.54) is 0 Å². The van der Waals surface area contributed by atoms with Crippen LogP contribution in [0.5, 0.6) is 0 Å². The number of allylic oxidation sites excluding steroid dienone is 4. The fourth-order valence-electron chi connectivity index (χ4n) is 3.33. The predicted molar refractivity (Wildman–Crippen MR) is 135 cm³/mol. The number of rotatable bonds is 7. The van der Waals surface area contributed by atoms with Gasteiger partial charge in [0.2, 0.25) is 0 Å². The van der Waals surface area contributed by atoms with E-state index in [2.05, 4.69) is 61.1 Å². The van der Waals surface area contributed by atoms with Crippen LogP contribution in [0.15, 0.2) is 117 Å². The monoisotopic (exact) mass is 413 g/mol. The van der Waals surface area contributed by atoms with Gasteiger partial charge in [0.25, 0.3) is 0 Å². The molecule has 32 heavy (non-hydrogen) atoms. The molecule has 0 spiro atoms. The van der Waals surface area contributed by atoms with Gasteiger partial charge in [0.05, 0.1) is 0 Å². The van der Waals surface area contributed by atoms with Crippen molar-refractivity contribution >= 4 is 11.6 Å². The van der Waals surface area contributed by atoms with Crippen molar-refractivity contribution < 1.29 is 0 Å². The highest BCUT2D eigenvalue weighted by atomic mass is 15.0. The highest BCUT2D eigenvalue weighted by Gasteiger charge is 2.12. The van der Waals surface area contributed by atoms with E-state index in [1.807, 2.05) is 54.6 Å². The van der Waals surface area contributed by atoms with Crippen molar-refractivity contribution in [3.63, 3.8) is 0 Å². The highest BCUT2D eigenvalue weighted by molar-refractivity contribution is 5.74. The van der Waals surface area contributed by atoms with E-state index in [0.29, 0.717) is 17.5 Å². The Labute approximate surface area is 188 Å². The summed E-state index contributed by atoms with van der Waals surface area (Å²) in [5.74, 6) is 1.79. The van der Waals surface area contributed by atoms with Crippen LogP contribution in [-0.4, -0.2) is 15.0 Å². The predicted octanol–water partition coefficient (Wildman–Crippen LogP) is 7.27. The van der Waals surface area contributed by atoms with Crippen LogP contribution in [0.25, 0.3) is 45.6 Å². The topological polar surface area (TPSA) is 38.7 Å². The summed E-state index contributed by atoms with van der Waals surface area (Å²) in [6.07, 6.45) is 7.12. The second-order valence-corrected chi connectivity index (χ2v) is 7.14. The summed E-state index contributed by atoms with van der Waals surface area (Å²) in [7, 11) is 0. The summed E-state index contributed by atoms with van der Waals surface area (Å²) in [4.78, 5) is 14.2. The molecule has 0 atom stereocenters. The lowest BCUT2D eigenvalue weighted by atomic mass is 10.0. The second-order valence-electron chi connectivity index (χ2n) is 7.14. The van der Waals surface area contributed by atoms with E-state index < -0.39 is 0 Å². The van der Waals surface area contributed by atoms with Crippen LogP contribution < -0.4 is 0 Å². The van der Waals surface area contributed by atoms with Gasteiger partial charge in [-0.2, -0.15) is 0 Å². The van der Waals surface area contributed by atoms with E-state index in [4.69, 9.17) is 9.97 Å². The molecule has 0 aliphatic rings. The van der Waals surface area contributed by atoms with Gasteiger partial charge in [0.1, 0.15) is 0 Å². The summed E-state index contributed by atoms with van der Waals surface area (Å²) >= 11 is 0. The largest absolute Gasteiger partial charge is 0.208 e. The number of aromatic nitrogens is 3. The third kappa shape index (κ3) is 4.52. The van der Waals surface area contributed by atoms with Crippen molar-refractivity contribution in [3.8, 4) is 33.9 Å². The lowest BCUT2D eigenvalue weighted by Crippen LogP contribution is -2.02. The Balaban J connectivity index is 1.77. The molecule has 0 aliphatic carbocycles. The van der Waals surface area contributed by atoms with E-state index >= 15 is 0 Å². The van der Waals surface area contributed by atoms with Crippen LogP contribution in [0.2, 0.25) is 0 Å². The molecule has 0 saturated carbocycles. The number of benzene rings is 3. The molecule has 0 aliphatic heterocycles. The van der Waals surface area contributed by atoms with Crippen molar-refractivity contribution in [2.24, 2.45) is 0 Å². The first-order chi connectivity index (χ1) is 15.7. The molecule has 0 fully saturated rings. The van der Waals surface area contributed by atoms with Crippen LogP contribution in [-0.2, 0) is 0 Å². The zero-order valence-corrected chi connectivity index (χ0v) is 17.8. The Hall–Kier alpha value is -4.37. The lowest BCUT2D eigenvalue weighted by molar-refractivity contribution is 1.04. The minimum atomic E-state index is 0.563. The Bertz CT molecular complexity index is 1280. The summed E-state index contributed by atoms with van der Waals surface area (Å²) in [5, 5.41) is 0. The van der Waals surface area contributed by atoms with Gasteiger partial charge >= 0.3 is 0 Å². The minimum absolute atomic E-state index is 0.563. The molecule has 1 heterocycles. The van der Waals surface area contributed by atoms with E-state index in [0.717, 1.165) is 33.4 Å². The molecule has 4 aromatic rings. The zero-order valence-electron chi connectivity index (χ0n) is 17.8. The van der Waals surface area contributed by atoms with Crippen molar-refractivity contribution in [2.45, 2.75) is 0 Å². The van der Waals surface area contributed by atoms with Crippen LogP contribution in [0.1, 0.15) is 11.4 Å². The second kappa shape index (κ2) is 9.63. The molecule has 4 rings (SSSR count). The first kappa shape index (κ1) is 20.9. The van der Waals surface area contributed by atoms with Gasteiger partial charge in [0, 0.05) is 16.7 Å². The maximum Gasteiger partial charge on any atom is 0.164 e. The van der Waals surface area contributed by atoms with Crippen LogP contribution in [0.3, 0.4) is 0 Å².